The minimum Gasteiger partial charge on any atom is -0.328 e. The minimum absolute atomic E-state index is 0.217. The highest BCUT2D eigenvalue weighted by molar-refractivity contribution is 6.04. The lowest BCUT2D eigenvalue weighted by Crippen LogP contribution is -2.64. The van der Waals surface area contributed by atoms with Gasteiger partial charge in [-0.15, -0.1) is 0 Å². The van der Waals surface area contributed by atoms with E-state index >= 15 is 0 Å². The third-order valence-electron chi connectivity index (χ3n) is 6.76. The Labute approximate surface area is 186 Å². The van der Waals surface area contributed by atoms with E-state index in [0.29, 0.717) is 5.96 Å². The molecule has 3 amide bonds. The van der Waals surface area contributed by atoms with Crippen LogP contribution in [0.4, 0.5) is 4.79 Å². The summed E-state index contributed by atoms with van der Waals surface area (Å²) in [5.74, 6) is 0.333. The van der Waals surface area contributed by atoms with E-state index in [1.165, 1.54) is 4.90 Å². The van der Waals surface area contributed by atoms with Crippen LogP contribution in [0.5, 0.6) is 0 Å². The maximum atomic E-state index is 13.6. The Morgan fingerprint density at radius 1 is 0.938 bits per heavy atom. The largest absolute Gasteiger partial charge is 0.328 e. The summed E-state index contributed by atoms with van der Waals surface area (Å²) in [5, 5.41) is 6.72. The van der Waals surface area contributed by atoms with Crippen molar-refractivity contribution in [2.75, 3.05) is 14.1 Å². The molecule has 2 aliphatic rings. The molecule has 8 nitrogen and oxygen atoms in total. The topological polar surface area (TPSA) is 74.0 Å². The molecular weight excluding hydrogens is 404 g/mol. The van der Waals surface area contributed by atoms with E-state index < -0.39 is 12.2 Å². The third-order valence-corrected chi connectivity index (χ3v) is 6.76. The number of imide groups is 1. The van der Waals surface area contributed by atoms with Crippen LogP contribution in [-0.2, 0) is 11.3 Å². The van der Waals surface area contributed by atoms with Gasteiger partial charge in [0.25, 0.3) is 5.91 Å². The van der Waals surface area contributed by atoms with Gasteiger partial charge in [-0.05, 0) is 42.7 Å². The number of hydrogen-bond donors (Lipinski definition) is 0. The zero-order valence-electron chi connectivity index (χ0n) is 18.9. The Morgan fingerprint density at radius 3 is 2.38 bits per heavy atom. The van der Waals surface area contributed by atoms with Gasteiger partial charge in [0.1, 0.15) is 0 Å². The SMILES string of the molecule is Cc1nn(C2=NC3C(C(=O)N(Cc4cccc5ccccc45)C(=O)N3C)N2C)c(C)c1C. The molecule has 0 radical (unpaired) electrons. The Hall–Kier alpha value is -3.68. The molecule has 0 bridgehead atoms. The quantitative estimate of drug-likeness (QED) is 0.627. The van der Waals surface area contributed by atoms with E-state index in [1.807, 2.05) is 75.2 Å². The van der Waals surface area contributed by atoms with Gasteiger partial charge in [-0.2, -0.15) is 5.10 Å². The number of benzene rings is 2. The molecular formula is C24H26N6O2. The van der Waals surface area contributed by atoms with Gasteiger partial charge in [-0.1, -0.05) is 42.5 Å². The van der Waals surface area contributed by atoms with Gasteiger partial charge >= 0.3 is 6.03 Å². The predicted octanol–water partition coefficient (Wildman–Crippen LogP) is 2.90. The normalized spacial score (nSPS) is 20.9. The second-order valence-electron chi connectivity index (χ2n) is 8.56. The molecule has 3 aromatic rings. The molecule has 0 aliphatic carbocycles. The zero-order valence-corrected chi connectivity index (χ0v) is 18.9. The lowest BCUT2D eigenvalue weighted by molar-refractivity contribution is -0.137. The van der Waals surface area contributed by atoms with E-state index in [0.717, 1.165) is 33.3 Å². The lowest BCUT2D eigenvalue weighted by Gasteiger charge is -2.40. The maximum Gasteiger partial charge on any atom is 0.328 e. The second-order valence-corrected chi connectivity index (χ2v) is 8.56. The van der Waals surface area contributed by atoms with Crippen molar-refractivity contribution in [3.05, 3.63) is 65.0 Å². The Morgan fingerprint density at radius 2 is 1.66 bits per heavy atom. The number of carbonyl (C=O) groups is 2. The molecule has 5 rings (SSSR count). The van der Waals surface area contributed by atoms with Gasteiger partial charge in [0.2, 0.25) is 5.96 Å². The molecule has 0 saturated carbocycles. The van der Waals surface area contributed by atoms with Gasteiger partial charge in [0, 0.05) is 19.8 Å². The predicted molar refractivity (Wildman–Crippen MR) is 122 cm³/mol. The number of urea groups is 1. The summed E-state index contributed by atoms with van der Waals surface area (Å²) < 4.78 is 1.77. The number of carbonyl (C=O) groups excluding carboxylic acids is 2. The maximum absolute atomic E-state index is 13.6. The highest BCUT2D eigenvalue weighted by Gasteiger charge is 2.51. The van der Waals surface area contributed by atoms with Crippen LogP contribution in [0, 0.1) is 20.8 Å². The zero-order chi connectivity index (χ0) is 22.7. The molecule has 2 unspecified atom stereocenters. The van der Waals surface area contributed by atoms with E-state index in [9.17, 15) is 9.59 Å². The smallest absolute Gasteiger partial charge is 0.328 e. The van der Waals surface area contributed by atoms with Crippen molar-refractivity contribution in [2.24, 2.45) is 4.99 Å². The van der Waals surface area contributed by atoms with Crippen LogP contribution >= 0.6 is 0 Å². The first kappa shape index (κ1) is 20.2. The molecule has 1 fully saturated rings. The molecule has 2 aliphatic heterocycles. The summed E-state index contributed by atoms with van der Waals surface area (Å²) in [6.45, 7) is 6.17. The van der Waals surface area contributed by atoms with E-state index in [1.54, 1.807) is 16.6 Å². The fourth-order valence-electron chi connectivity index (χ4n) is 4.62. The molecule has 2 atom stereocenters. The number of aryl methyl sites for hydroxylation is 1. The average molecular weight is 431 g/mol. The van der Waals surface area contributed by atoms with Crippen molar-refractivity contribution in [3.63, 3.8) is 0 Å². The van der Waals surface area contributed by atoms with Crippen LogP contribution in [0.1, 0.15) is 22.5 Å². The monoisotopic (exact) mass is 430 g/mol. The molecule has 2 aromatic carbocycles. The Balaban J connectivity index is 1.50. The van der Waals surface area contributed by atoms with Crippen molar-refractivity contribution < 1.29 is 9.59 Å². The van der Waals surface area contributed by atoms with Crippen molar-refractivity contribution in [1.82, 2.24) is 24.5 Å². The summed E-state index contributed by atoms with van der Waals surface area (Å²) >= 11 is 0. The molecule has 1 saturated heterocycles. The summed E-state index contributed by atoms with van der Waals surface area (Å²) in [7, 11) is 3.54. The average Bonchev–Trinajstić information content (AvgIpc) is 3.26. The second kappa shape index (κ2) is 7.19. The van der Waals surface area contributed by atoms with Crippen LogP contribution in [0.3, 0.4) is 0 Å². The third kappa shape index (κ3) is 2.82. The van der Waals surface area contributed by atoms with Crippen LogP contribution in [-0.4, -0.2) is 68.7 Å². The molecule has 3 heterocycles. The number of rotatable bonds is 2. The number of aromatic nitrogens is 2. The van der Waals surface area contributed by atoms with Crippen molar-refractivity contribution in [3.8, 4) is 0 Å². The summed E-state index contributed by atoms with van der Waals surface area (Å²) in [5.41, 5.74) is 3.92. The van der Waals surface area contributed by atoms with Gasteiger partial charge in [-0.25, -0.2) is 14.5 Å². The Bertz CT molecular complexity index is 1290. The molecule has 0 spiro atoms. The minimum atomic E-state index is -0.591. The highest BCUT2D eigenvalue weighted by Crippen LogP contribution is 2.30. The summed E-state index contributed by atoms with van der Waals surface area (Å²) in [4.78, 5) is 36.3. The van der Waals surface area contributed by atoms with Gasteiger partial charge < -0.3 is 9.80 Å². The number of likely N-dealkylation sites (N-methyl/N-ethyl adjacent to an activating group) is 2. The van der Waals surface area contributed by atoms with E-state index in [-0.39, 0.29) is 18.5 Å². The molecule has 8 heteroatoms. The first-order valence-corrected chi connectivity index (χ1v) is 10.7. The number of amides is 3. The summed E-state index contributed by atoms with van der Waals surface area (Å²) in [6, 6.07) is 13.0. The molecule has 1 aromatic heterocycles. The van der Waals surface area contributed by atoms with E-state index in [2.05, 4.69) is 5.10 Å². The lowest BCUT2D eigenvalue weighted by atomic mass is 10.0. The fraction of sp³-hybridized carbons (Fsp3) is 0.333. The van der Waals surface area contributed by atoms with Gasteiger partial charge in [0.05, 0.1) is 12.2 Å². The van der Waals surface area contributed by atoms with Crippen molar-refractivity contribution >= 4 is 28.7 Å². The molecule has 32 heavy (non-hydrogen) atoms. The van der Waals surface area contributed by atoms with Crippen LogP contribution in [0.15, 0.2) is 47.5 Å². The molecule has 164 valence electrons. The Kier molecular flexibility index (Phi) is 4.54. The number of aliphatic imine (C=N–C) groups is 1. The van der Waals surface area contributed by atoms with Crippen LogP contribution in [0.25, 0.3) is 10.8 Å². The number of hydrogen-bond acceptors (Lipinski definition) is 5. The highest BCUT2D eigenvalue weighted by atomic mass is 16.2. The van der Waals surface area contributed by atoms with Crippen molar-refractivity contribution in [1.29, 1.82) is 0 Å². The number of fused-ring (bicyclic) bond motifs is 2. The van der Waals surface area contributed by atoms with Crippen LogP contribution < -0.4 is 0 Å². The van der Waals surface area contributed by atoms with Crippen LogP contribution in [0.2, 0.25) is 0 Å². The molecule has 0 N–H and O–H groups in total. The standard InChI is InChI=1S/C24H26N6O2/c1-14-15(2)26-30(16(14)3)23-25-21-20(27(23)4)22(31)29(24(32)28(21)5)13-18-11-8-10-17-9-6-7-12-19(17)18/h6-12,20-21H,13H2,1-5H3. The first-order valence-electron chi connectivity index (χ1n) is 10.7. The number of nitrogens with zero attached hydrogens (tertiary/aromatic N) is 6. The fourth-order valence-corrected chi connectivity index (χ4v) is 4.62. The van der Waals surface area contributed by atoms with E-state index in [4.69, 9.17) is 4.99 Å². The first-order chi connectivity index (χ1) is 15.3. The van der Waals surface area contributed by atoms with Gasteiger partial charge in [-0.3, -0.25) is 9.69 Å². The van der Waals surface area contributed by atoms with Gasteiger partial charge in [0.15, 0.2) is 12.2 Å². The van der Waals surface area contributed by atoms with Crippen molar-refractivity contribution in [2.45, 2.75) is 39.5 Å². The summed E-state index contributed by atoms with van der Waals surface area (Å²) in [6.07, 6.45) is -0.581.